The molecule has 0 aliphatic carbocycles. The molecule has 0 fully saturated rings. The van der Waals surface area contributed by atoms with E-state index >= 15 is 0 Å². The van der Waals surface area contributed by atoms with Crippen molar-refractivity contribution in [2.24, 2.45) is 0 Å². The summed E-state index contributed by atoms with van der Waals surface area (Å²) in [7, 11) is -3.78. The first kappa shape index (κ1) is 14.9. The molecular formula is C13H15N5O2S. The van der Waals surface area contributed by atoms with Gasteiger partial charge in [-0.05, 0) is 24.6 Å². The number of sulfonamides is 1. The van der Waals surface area contributed by atoms with Gasteiger partial charge in [-0.2, -0.15) is 10.4 Å². The molecule has 0 unspecified atom stereocenters. The van der Waals surface area contributed by atoms with Crippen LogP contribution in [0.2, 0.25) is 0 Å². The standard InChI is InChI=1S/C13H15N5O2S/c1-2-18-9-12(13(15)16-18)21(19,20)17-11-5-3-10(4-6-11)7-8-14/h3-6,9,17H,2,7H2,1H3,(H2,15,16). The van der Waals surface area contributed by atoms with Crippen molar-refractivity contribution < 1.29 is 8.42 Å². The van der Waals surface area contributed by atoms with Gasteiger partial charge in [-0.25, -0.2) is 8.42 Å². The Labute approximate surface area is 123 Å². The first-order chi connectivity index (χ1) is 9.96. The largest absolute Gasteiger partial charge is 0.381 e. The number of nitrogens with zero attached hydrogens (tertiary/aromatic N) is 3. The monoisotopic (exact) mass is 305 g/mol. The van der Waals surface area contributed by atoms with Crippen LogP contribution in [0.15, 0.2) is 35.4 Å². The number of anilines is 2. The lowest BCUT2D eigenvalue weighted by molar-refractivity contribution is 0.600. The molecule has 8 heteroatoms. The molecule has 0 aliphatic heterocycles. The molecule has 0 saturated heterocycles. The summed E-state index contributed by atoms with van der Waals surface area (Å²) in [6.07, 6.45) is 1.67. The van der Waals surface area contributed by atoms with E-state index in [2.05, 4.69) is 9.82 Å². The van der Waals surface area contributed by atoms with Crippen molar-refractivity contribution >= 4 is 21.5 Å². The topological polar surface area (TPSA) is 114 Å². The molecule has 1 heterocycles. The zero-order valence-electron chi connectivity index (χ0n) is 11.4. The van der Waals surface area contributed by atoms with E-state index in [1.165, 1.54) is 10.9 Å². The lowest BCUT2D eigenvalue weighted by Gasteiger charge is -2.07. The van der Waals surface area contributed by atoms with Crippen LogP contribution in [0.1, 0.15) is 12.5 Å². The summed E-state index contributed by atoms with van der Waals surface area (Å²) in [5, 5.41) is 12.5. The van der Waals surface area contributed by atoms with Crippen LogP contribution in [0.4, 0.5) is 11.5 Å². The van der Waals surface area contributed by atoms with Crippen molar-refractivity contribution in [3.63, 3.8) is 0 Å². The average molecular weight is 305 g/mol. The zero-order valence-corrected chi connectivity index (χ0v) is 12.3. The van der Waals surface area contributed by atoms with E-state index in [1.807, 2.05) is 13.0 Å². The molecule has 0 amide bonds. The normalized spacial score (nSPS) is 11.0. The number of rotatable bonds is 5. The lowest BCUT2D eigenvalue weighted by atomic mass is 10.1. The Morgan fingerprint density at radius 2 is 2.05 bits per heavy atom. The summed E-state index contributed by atoms with van der Waals surface area (Å²) in [4.78, 5) is -0.0505. The predicted octanol–water partition coefficient (Wildman–Crippen LogP) is 1.35. The van der Waals surface area contributed by atoms with Crippen LogP contribution in [-0.4, -0.2) is 18.2 Å². The van der Waals surface area contributed by atoms with Crippen LogP contribution in [0.25, 0.3) is 0 Å². The highest BCUT2D eigenvalue weighted by Crippen LogP contribution is 2.20. The van der Waals surface area contributed by atoms with Gasteiger partial charge in [0.05, 0.1) is 12.5 Å². The van der Waals surface area contributed by atoms with Gasteiger partial charge in [0.2, 0.25) is 0 Å². The van der Waals surface area contributed by atoms with Crippen LogP contribution < -0.4 is 10.5 Å². The zero-order chi connectivity index (χ0) is 15.5. The number of hydrogen-bond donors (Lipinski definition) is 2. The minimum absolute atomic E-state index is 0.0366. The number of nitriles is 1. The summed E-state index contributed by atoms with van der Waals surface area (Å²) in [5.74, 6) is -0.0366. The van der Waals surface area contributed by atoms with Crippen LogP contribution in [0.5, 0.6) is 0 Å². The lowest BCUT2D eigenvalue weighted by Crippen LogP contribution is -2.13. The first-order valence-electron chi connectivity index (χ1n) is 6.28. The Balaban J connectivity index is 2.24. The second-order valence-corrected chi connectivity index (χ2v) is 6.02. The maximum absolute atomic E-state index is 12.3. The van der Waals surface area contributed by atoms with E-state index in [-0.39, 0.29) is 17.1 Å². The summed E-state index contributed by atoms with van der Waals surface area (Å²) in [6, 6.07) is 8.62. The van der Waals surface area contributed by atoms with E-state index in [4.69, 9.17) is 11.0 Å². The summed E-state index contributed by atoms with van der Waals surface area (Å²) >= 11 is 0. The molecule has 0 atom stereocenters. The van der Waals surface area contributed by atoms with E-state index < -0.39 is 10.0 Å². The predicted molar refractivity (Wildman–Crippen MR) is 78.9 cm³/mol. The molecule has 2 aromatic rings. The van der Waals surface area contributed by atoms with E-state index in [1.54, 1.807) is 24.3 Å². The second-order valence-electron chi connectivity index (χ2n) is 4.37. The quantitative estimate of drug-likeness (QED) is 0.865. The molecule has 7 nitrogen and oxygen atoms in total. The van der Waals surface area contributed by atoms with Crippen molar-refractivity contribution in [2.45, 2.75) is 24.8 Å². The number of aromatic nitrogens is 2. The fourth-order valence-corrected chi connectivity index (χ4v) is 2.91. The SMILES string of the molecule is CCn1cc(S(=O)(=O)Nc2ccc(CC#N)cc2)c(N)n1. The minimum atomic E-state index is -3.78. The third-order valence-electron chi connectivity index (χ3n) is 2.86. The number of hydrogen-bond acceptors (Lipinski definition) is 5. The fraction of sp³-hybridized carbons (Fsp3) is 0.231. The summed E-state index contributed by atoms with van der Waals surface area (Å²) in [6.45, 7) is 2.37. The van der Waals surface area contributed by atoms with Gasteiger partial charge < -0.3 is 5.73 Å². The molecule has 0 saturated carbocycles. The number of nitrogens with one attached hydrogen (secondary N) is 1. The van der Waals surface area contributed by atoms with Crippen LogP contribution in [-0.2, 0) is 23.0 Å². The Morgan fingerprint density at radius 3 is 2.57 bits per heavy atom. The molecule has 110 valence electrons. The maximum atomic E-state index is 12.3. The van der Waals surface area contributed by atoms with Gasteiger partial charge in [0.25, 0.3) is 10.0 Å². The van der Waals surface area contributed by atoms with Gasteiger partial charge >= 0.3 is 0 Å². The Morgan fingerprint density at radius 1 is 1.38 bits per heavy atom. The molecule has 0 aliphatic rings. The smallest absolute Gasteiger partial charge is 0.267 e. The van der Waals surface area contributed by atoms with E-state index in [0.29, 0.717) is 12.2 Å². The van der Waals surface area contributed by atoms with Gasteiger partial charge in [-0.1, -0.05) is 12.1 Å². The summed E-state index contributed by atoms with van der Waals surface area (Å²) in [5.41, 5.74) is 6.85. The van der Waals surface area contributed by atoms with E-state index in [9.17, 15) is 8.42 Å². The van der Waals surface area contributed by atoms with Crippen molar-refractivity contribution in [2.75, 3.05) is 10.5 Å². The first-order valence-corrected chi connectivity index (χ1v) is 7.76. The minimum Gasteiger partial charge on any atom is -0.381 e. The van der Waals surface area contributed by atoms with Gasteiger partial charge in [0, 0.05) is 18.4 Å². The number of aryl methyl sites for hydroxylation is 1. The van der Waals surface area contributed by atoms with Gasteiger partial charge in [0.1, 0.15) is 4.90 Å². The van der Waals surface area contributed by atoms with Gasteiger partial charge in [-0.3, -0.25) is 9.40 Å². The Hall–Kier alpha value is -2.53. The van der Waals surface area contributed by atoms with Crippen LogP contribution in [0, 0.1) is 11.3 Å². The molecule has 2 rings (SSSR count). The highest BCUT2D eigenvalue weighted by molar-refractivity contribution is 7.92. The van der Waals surface area contributed by atoms with E-state index in [0.717, 1.165) is 5.56 Å². The van der Waals surface area contributed by atoms with Gasteiger partial charge in [0.15, 0.2) is 5.82 Å². The number of nitrogens with two attached hydrogens (primary N) is 1. The molecule has 0 radical (unpaired) electrons. The Bertz CT molecular complexity index is 772. The molecule has 0 spiro atoms. The third kappa shape index (κ3) is 3.32. The van der Waals surface area contributed by atoms with Crippen molar-refractivity contribution in [3.8, 4) is 6.07 Å². The maximum Gasteiger partial charge on any atom is 0.267 e. The molecule has 21 heavy (non-hydrogen) atoms. The average Bonchev–Trinajstić information content (AvgIpc) is 2.83. The molecule has 1 aromatic carbocycles. The molecule has 0 bridgehead atoms. The van der Waals surface area contributed by atoms with Gasteiger partial charge in [-0.15, -0.1) is 0 Å². The second kappa shape index (κ2) is 5.85. The van der Waals surface area contributed by atoms with Crippen molar-refractivity contribution in [1.82, 2.24) is 9.78 Å². The van der Waals surface area contributed by atoms with Crippen molar-refractivity contribution in [1.29, 1.82) is 5.26 Å². The summed E-state index contributed by atoms with van der Waals surface area (Å²) < 4.78 is 28.4. The molecular weight excluding hydrogens is 290 g/mol. The third-order valence-corrected chi connectivity index (χ3v) is 4.26. The molecule has 3 N–H and O–H groups in total. The van der Waals surface area contributed by atoms with Crippen LogP contribution in [0.3, 0.4) is 0 Å². The number of nitrogen functional groups attached to an aromatic ring is 1. The highest BCUT2D eigenvalue weighted by Gasteiger charge is 2.21. The van der Waals surface area contributed by atoms with Crippen LogP contribution >= 0.6 is 0 Å². The fourth-order valence-electron chi connectivity index (χ4n) is 1.78. The Kier molecular flexibility index (Phi) is 4.14. The number of benzene rings is 1. The molecule has 1 aromatic heterocycles. The highest BCUT2D eigenvalue weighted by atomic mass is 32.2. The van der Waals surface area contributed by atoms with Crippen molar-refractivity contribution in [3.05, 3.63) is 36.0 Å².